The van der Waals surface area contributed by atoms with Crippen LogP contribution in [0.4, 0.5) is 5.69 Å². The third-order valence-corrected chi connectivity index (χ3v) is 6.49. The van der Waals surface area contributed by atoms with Gasteiger partial charge in [-0.3, -0.25) is 9.59 Å². The Balaban J connectivity index is 1.38. The lowest BCUT2D eigenvalue weighted by molar-refractivity contribution is -0.121. The van der Waals surface area contributed by atoms with Gasteiger partial charge in [-0.25, -0.2) is 9.48 Å². The summed E-state index contributed by atoms with van der Waals surface area (Å²) in [7, 11) is 1.30. The van der Waals surface area contributed by atoms with Crippen LogP contribution in [0.15, 0.2) is 85.3 Å². The van der Waals surface area contributed by atoms with E-state index in [1.54, 1.807) is 40.0 Å². The molecule has 37 heavy (non-hydrogen) atoms. The molecule has 2 amide bonds. The maximum absolute atomic E-state index is 13.7. The molecule has 9 nitrogen and oxygen atoms in total. The Labute approximate surface area is 214 Å². The molecule has 2 aromatic carbocycles. The van der Waals surface area contributed by atoms with Gasteiger partial charge >= 0.3 is 5.97 Å². The summed E-state index contributed by atoms with van der Waals surface area (Å²) in [4.78, 5) is 40.7. The molecular formula is C28H27N5O4. The fraction of sp³-hybridized carbons (Fsp3) is 0.214. The van der Waals surface area contributed by atoms with Crippen LogP contribution in [-0.2, 0) is 9.53 Å². The smallest absolute Gasteiger partial charge is 0.339 e. The largest absolute Gasteiger partial charge is 0.465 e. The minimum absolute atomic E-state index is 0.182. The molecule has 1 aliphatic heterocycles. The van der Waals surface area contributed by atoms with Gasteiger partial charge in [0.2, 0.25) is 5.91 Å². The van der Waals surface area contributed by atoms with E-state index in [-0.39, 0.29) is 23.9 Å². The number of aromatic nitrogens is 3. The van der Waals surface area contributed by atoms with E-state index in [1.165, 1.54) is 7.11 Å². The Bertz CT molecular complexity index is 1410. The highest BCUT2D eigenvalue weighted by Gasteiger charge is 2.32. The third kappa shape index (κ3) is 4.88. The topological polar surface area (TPSA) is 98.5 Å². The number of para-hydroxylation sites is 2. The molecule has 5 rings (SSSR count). The number of esters is 1. The summed E-state index contributed by atoms with van der Waals surface area (Å²) in [6.45, 7) is 0.815. The second-order valence-corrected chi connectivity index (χ2v) is 8.84. The number of likely N-dealkylation sites (tertiary alicyclic amines) is 1. The Hall–Kier alpha value is -4.66. The van der Waals surface area contributed by atoms with Crippen molar-refractivity contribution in [2.75, 3.05) is 25.5 Å². The van der Waals surface area contributed by atoms with E-state index in [0.717, 1.165) is 5.69 Å². The fourth-order valence-electron chi connectivity index (χ4n) is 4.64. The molecule has 9 heteroatoms. The van der Waals surface area contributed by atoms with Crippen LogP contribution >= 0.6 is 0 Å². The Morgan fingerprint density at radius 1 is 0.946 bits per heavy atom. The SMILES string of the molecule is COC(=O)c1ccccc1NC(=O)[C@@H]1CCCN(C(=O)c2cnn(-c3ccccc3)c2-n2cccc2)C1. The summed E-state index contributed by atoms with van der Waals surface area (Å²) in [6.07, 6.45) is 6.66. The van der Waals surface area contributed by atoms with Gasteiger partial charge in [-0.05, 0) is 49.2 Å². The van der Waals surface area contributed by atoms with Crippen LogP contribution < -0.4 is 5.32 Å². The first-order valence-corrected chi connectivity index (χ1v) is 12.1. The maximum atomic E-state index is 13.7. The highest BCUT2D eigenvalue weighted by molar-refractivity contribution is 6.02. The number of hydrogen-bond donors (Lipinski definition) is 1. The number of amides is 2. The molecule has 0 aliphatic carbocycles. The Kier molecular flexibility index (Phi) is 6.85. The van der Waals surface area contributed by atoms with Crippen LogP contribution in [0.1, 0.15) is 33.6 Å². The van der Waals surface area contributed by atoms with Crippen LogP contribution in [0.2, 0.25) is 0 Å². The number of hydrogen-bond acceptors (Lipinski definition) is 5. The molecule has 0 unspecified atom stereocenters. The van der Waals surface area contributed by atoms with Gasteiger partial charge in [0.1, 0.15) is 5.56 Å². The quantitative estimate of drug-likeness (QED) is 0.407. The van der Waals surface area contributed by atoms with Gasteiger partial charge < -0.3 is 19.5 Å². The number of nitrogens with zero attached hydrogens (tertiary/aromatic N) is 4. The molecule has 1 saturated heterocycles. The van der Waals surface area contributed by atoms with E-state index in [1.807, 2.05) is 59.4 Å². The number of carbonyl (C=O) groups excluding carboxylic acids is 3. The lowest BCUT2D eigenvalue weighted by Crippen LogP contribution is -2.44. The van der Waals surface area contributed by atoms with Crippen molar-refractivity contribution in [3.8, 4) is 11.5 Å². The number of methoxy groups -OCH3 is 1. The number of ether oxygens (including phenoxy) is 1. The van der Waals surface area contributed by atoms with E-state index in [9.17, 15) is 14.4 Å². The average Bonchev–Trinajstić information content (AvgIpc) is 3.63. The minimum Gasteiger partial charge on any atom is -0.465 e. The van der Waals surface area contributed by atoms with Crippen molar-refractivity contribution in [1.29, 1.82) is 0 Å². The summed E-state index contributed by atoms with van der Waals surface area (Å²) in [5, 5.41) is 7.38. The summed E-state index contributed by atoms with van der Waals surface area (Å²) < 4.78 is 8.43. The number of carbonyl (C=O) groups is 3. The van der Waals surface area contributed by atoms with Crippen molar-refractivity contribution in [3.63, 3.8) is 0 Å². The van der Waals surface area contributed by atoms with E-state index >= 15 is 0 Å². The average molecular weight is 498 g/mol. The summed E-state index contributed by atoms with van der Waals surface area (Å²) >= 11 is 0. The minimum atomic E-state index is -0.524. The molecule has 0 saturated carbocycles. The molecule has 1 N–H and O–H groups in total. The number of rotatable bonds is 6. The van der Waals surface area contributed by atoms with Crippen LogP contribution in [0.5, 0.6) is 0 Å². The second kappa shape index (κ2) is 10.5. The standard InChI is InChI=1S/C28H27N5O4/c1-37-28(36)22-13-5-6-14-24(22)30-25(34)20-10-9-17-32(19-20)27(35)23-18-29-33(21-11-3-2-4-12-21)26(23)31-15-7-8-16-31/h2-8,11-16,18,20H,9-10,17,19H2,1H3,(H,30,34)/t20-/m1/s1. The Morgan fingerprint density at radius 3 is 2.43 bits per heavy atom. The van der Waals surface area contributed by atoms with Gasteiger partial charge in [-0.1, -0.05) is 30.3 Å². The van der Waals surface area contributed by atoms with Crippen molar-refractivity contribution in [2.45, 2.75) is 12.8 Å². The molecule has 3 heterocycles. The predicted octanol–water partition coefficient (Wildman–Crippen LogP) is 3.94. The van der Waals surface area contributed by atoms with Gasteiger partial charge in [0.15, 0.2) is 5.82 Å². The first-order chi connectivity index (χ1) is 18.1. The first kappa shape index (κ1) is 24.1. The van der Waals surface area contributed by atoms with Gasteiger partial charge in [-0.2, -0.15) is 5.10 Å². The van der Waals surface area contributed by atoms with Gasteiger partial charge in [0, 0.05) is 25.5 Å². The van der Waals surface area contributed by atoms with Gasteiger partial charge in [0.05, 0.1) is 36.2 Å². The lowest BCUT2D eigenvalue weighted by Gasteiger charge is -2.32. The third-order valence-electron chi connectivity index (χ3n) is 6.49. The van der Waals surface area contributed by atoms with Crippen LogP contribution in [-0.4, -0.2) is 57.2 Å². The number of benzene rings is 2. The van der Waals surface area contributed by atoms with Crippen molar-refractivity contribution >= 4 is 23.5 Å². The van der Waals surface area contributed by atoms with Gasteiger partial charge in [-0.15, -0.1) is 0 Å². The fourth-order valence-corrected chi connectivity index (χ4v) is 4.64. The monoisotopic (exact) mass is 497 g/mol. The van der Waals surface area contributed by atoms with Crippen molar-refractivity contribution < 1.29 is 19.1 Å². The van der Waals surface area contributed by atoms with Crippen LogP contribution in [0.3, 0.4) is 0 Å². The zero-order valence-corrected chi connectivity index (χ0v) is 20.4. The molecule has 4 aromatic rings. The summed E-state index contributed by atoms with van der Waals surface area (Å²) in [5.41, 5.74) is 1.97. The number of anilines is 1. The number of nitrogens with one attached hydrogen (secondary N) is 1. The van der Waals surface area contributed by atoms with E-state index < -0.39 is 11.9 Å². The van der Waals surface area contributed by atoms with Crippen molar-refractivity contribution in [1.82, 2.24) is 19.2 Å². The second-order valence-electron chi connectivity index (χ2n) is 8.84. The molecule has 1 atom stereocenters. The molecule has 1 fully saturated rings. The lowest BCUT2D eigenvalue weighted by atomic mass is 9.96. The zero-order chi connectivity index (χ0) is 25.8. The van der Waals surface area contributed by atoms with Crippen molar-refractivity contribution in [3.05, 3.63) is 96.4 Å². The van der Waals surface area contributed by atoms with E-state index in [2.05, 4.69) is 10.4 Å². The van der Waals surface area contributed by atoms with Crippen LogP contribution in [0.25, 0.3) is 11.5 Å². The first-order valence-electron chi connectivity index (χ1n) is 12.1. The van der Waals surface area contributed by atoms with E-state index in [4.69, 9.17) is 4.74 Å². The van der Waals surface area contributed by atoms with Gasteiger partial charge in [0.25, 0.3) is 5.91 Å². The molecule has 188 valence electrons. The molecule has 0 spiro atoms. The normalized spacial score (nSPS) is 15.3. The summed E-state index contributed by atoms with van der Waals surface area (Å²) in [5.74, 6) is -0.718. The van der Waals surface area contributed by atoms with Crippen LogP contribution in [0, 0.1) is 5.92 Å². The highest BCUT2D eigenvalue weighted by atomic mass is 16.5. The summed E-state index contributed by atoms with van der Waals surface area (Å²) in [6, 6.07) is 20.1. The molecule has 1 aliphatic rings. The highest BCUT2D eigenvalue weighted by Crippen LogP contribution is 2.26. The molecule has 0 radical (unpaired) electrons. The Morgan fingerprint density at radius 2 is 1.68 bits per heavy atom. The zero-order valence-electron chi connectivity index (χ0n) is 20.4. The van der Waals surface area contributed by atoms with Crippen molar-refractivity contribution in [2.24, 2.45) is 5.92 Å². The number of piperidine rings is 1. The molecule has 0 bridgehead atoms. The maximum Gasteiger partial charge on any atom is 0.339 e. The molecule has 2 aromatic heterocycles. The molecular weight excluding hydrogens is 470 g/mol. The van der Waals surface area contributed by atoms with E-state index in [0.29, 0.717) is 36.5 Å². The predicted molar refractivity (Wildman–Crippen MR) is 138 cm³/mol.